The summed E-state index contributed by atoms with van der Waals surface area (Å²) in [5.74, 6) is 0. The lowest BCUT2D eigenvalue weighted by Gasteiger charge is -2.15. The summed E-state index contributed by atoms with van der Waals surface area (Å²) in [6.45, 7) is 0. The molecule has 1 aliphatic rings. The normalized spacial score (nSPS) is 13.9. The van der Waals surface area contributed by atoms with E-state index in [0.717, 1.165) is 5.12 Å². The first-order chi connectivity index (χ1) is 8.24. The molecule has 0 radical (unpaired) electrons. The summed E-state index contributed by atoms with van der Waals surface area (Å²) in [5.41, 5.74) is 3.40. The number of hydrogen-bond donors (Lipinski definition) is 1. The second-order valence-corrected chi connectivity index (χ2v) is 3.48. The third-order valence-electron chi connectivity index (χ3n) is 2.00. The number of hydrazone groups is 2. The molecule has 1 N–H and O–H groups in total. The average Bonchev–Trinajstić information content (AvgIpc) is 2.39. The van der Waals surface area contributed by atoms with Gasteiger partial charge < -0.3 is 0 Å². The minimum Gasteiger partial charge on any atom is -0.191 e. The summed E-state index contributed by atoms with van der Waals surface area (Å²) in [6.07, 6.45) is 1.75. The molecule has 0 unspecified atom stereocenters. The lowest BCUT2D eigenvalue weighted by molar-refractivity contribution is 0.303. The van der Waals surface area contributed by atoms with Gasteiger partial charge in [-0.15, -0.1) is 10.2 Å². The molecule has 0 saturated heterocycles. The van der Waals surface area contributed by atoms with Crippen molar-refractivity contribution in [2.45, 2.75) is 0 Å². The van der Waals surface area contributed by atoms with Gasteiger partial charge in [-0.3, -0.25) is 0 Å². The van der Waals surface area contributed by atoms with Crippen LogP contribution in [-0.4, -0.2) is 16.5 Å². The van der Waals surface area contributed by atoms with Gasteiger partial charge in [-0.1, -0.05) is 28.9 Å². The quantitative estimate of drug-likeness (QED) is 0.753. The van der Waals surface area contributed by atoms with Crippen molar-refractivity contribution in [1.29, 1.82) is 10.5 Å². The summed E-state index contributed by atoms with van der Waals surface area (Å²) in [6, 6.07) is 8.65. The Morgan fingerprint density at radius 3 is 2.53 bits per heavy atom. The van der Waals surface area contributed by atoms with Crippen molar-refractivity contribution in [1.82, 2.24) is 10.7 Å². The van der Waals surface area contributed by atoms with Gasteiger partial charge in [-0.05, 0) is 12.1 Å². The molecular weight excluding hydrogens is 240 g/mol. The monoisotopic (exact) mass is 244 g/mol. The molecule has 7 heteroatoms. The molecule has 0 amide bonds. The van der Waals surface area contributed by atoms with Gasteiger partial charge >= 0.3 is 0 Å². The molecule has 0 fully saturated rings. The SMILES string of the molecule is N#CC1=NNN(C#N)N=C1c1ccc(Cl)cc1. The fourth-order valence-electron chi connectivity index (χ4n) is 1.24. The standard InChI is InChI=1S/C10H5ClN6/c11-8-3-1-7(2-4-8)10-9(5-12)14-16-17(6-13)15-10/h1-4,16H. The fourth-order valence-corrected chi connectivity index (χ4v) is 1.37. The van der Waals surface area contributed by atoms with Gasteiger partial charge in [0.2, 0.25) is 6.19 Å². The number of nitriles is 2. The van der Waals surface area contributed by atoms with Crippen LogP contribution in [0, 0.1) is 22.8 Å². The molecule has 0 atom stereocenters. The van der Waals surface area contributed by atoms with Gasteiger partial charge in [0.15, 0.2) is 5.71 Å². The van der Waals surface area contributed by atoms with Crippen molar-refractivity contribution in [3.05, 3.63) is 34.9 Å². The zero-order chi connectivity index (χ0) is 12.3. The molecule has 6 nitrogen and oxygen atoms in total. The minimum atomic E-state index is 0.110. The van der Waals surface area contributed by atoms with Crippen LogP contribution < -0.4 is 5.53 Å². The molecule has 0 spiro atoms. The molecule has 0 bridgehead atoms. The molecule has 82 valence electrons. The van der Waals surface area contributed by atoms with Crippen LogP contribution in [0.4, 0.5) is 0 Å². The number of benzene rings is 1. The number of nitrogens with zero attached hydrogens (tertiary/aromatic N) is 5. The summed E-state index contributed by atoms with van der Waals surface area (Å²) in [4.78, 5) is 0. The summed E-state index contributed by atoms with van der Waals surface area (Å²) in [5, 5.41) is 26.7. The van der Waals surface area contributed by atoms with Crippen LogP contribution in [0.3, 0.4) is 0 Å². The molecule has 1 aliphatic heterocycles. The van der Waals surface area contributed by atoms with Gasteiger partial charge in [0.25, 0.3) is 0 Å². The highest BCUT2D eigenvalue weighted by atomic mass is 35.5. The third kappa shape index (κ3) is 2.17. The van der Waals surface area contributed by atoms with Gasteiger partial charge in [0, 0.05) is 10.6 Å². The highest BCUT2D eigenvalue weighted by Crippen LogP contribution is 2.12. The Hall–Kier alpha value is -2.57. The Morgan fingerprint density at radius 2 is 1.94 bits per heavy atom. The fraction of sp³-hybridized carbons (Fsp3) is 0. The first-order valence-electron chi connectivity index (χ1n) is 4.53. The average molecular weight is 245 g/mol. The van der Waals surface area contributed by atoms with Crippen molar-refractivity contribution in [3.8, 4) is 12.3 Å². The third-order valence-corrected chi connectivity index (χ3v) is 2.25. The van der Waals surface area contributed by atoms with E-state index < -0.39 is 0 Å². The molecule has 1 aromatic rings. The smallest absolute Gasteiger partial charge is 0.191 e. The predicted octanol–water partition coefficient (Wildman–Crippen LogP) is 1.22. The molecule has 0 aliphatic carbocycles. The van der Waals surface area contributed by atoms with E-state index in [1.165, 1.54) is 0 Å². The minimum absolute atomic E-state index is 0.110. The van der Waals surface area contributed by atoms with E-state index in [9.17, 15) is 0 Å². The van der Waals surface area contributed by atoms with E-state index in [1.807, 2.05) is 6.07 Å². The van der Waals surface area contributed by atoms with Gasteiger partial charge in [0.1, 0.15) is 11.8 Å². The lowest BCUT2D eigenvalue weighted by atomic mass is 10.1. The highest BCUT2D eigenvalue weighted by Gasteiger charge is 2.18. The Balaban J connectivity index is 2.44. The maximum Gasteiger partial charge on any atom is 0.224 e. The number of hydrazine groups is 1. The number of nitrogens with one attached hydrogen (secondary N) is 1. The topological polar surface area (TPSA) is 87.6 Å². The van der Waals surface area contributed by atoms with Crippen LogP contribution in [0.2, 0.25) is 5.02 Å². The summed E-state index contributed by atoms with van der Waals surface area (Å²) in [7, 11) is 0. The first kappa shape index (κ1) is 10.9. The summed E-state index contributed by atoms with van der Waals surface area (Å²) < 4.78 is 0. The van der Waals surface area contributed by atoms with Crippen molar-refractivity contribution in [3.63, 3.8) is 0 Å². The van der Waals surface area contributed by atoms with Crippen molar-refractivity contribution < 1.29 is 0 Å². The first-order valence-corrected chi connectivity index (χ1v) is 4.90. The zero-order valence-electron chi connectivity index (χ0n) is 8.42. The molecule has 0 saturated carbocycles. The Morgan fingerprint density at radius 1 is 1.24 bits per heavy atom. The predicted molar refractivity (Wildman–Crippen MR) is 61.6 cm³/mol. The van der Waals surface area contributed by atoms with E-state index in [-0.39, 0.29) is 5.71 Å². The van der Waals surface area contributed by atoms with Gasteiger partial charge in [0.05, 0.1) is 0 Å². The maximum atomic E-state index is 8.91. The second kappa shape index (κ2) is 4.52. The number of rotatable bonds is 1. The van der Waals surface area contributed by atoms with E-state index in [1.54, 1.807) is 30.5 Å². The molecule has 2 rings (SSSR count). The van der Waals surface area contributed by atoms with Crippen molar-refractivity contribution in [2.24, 2.45) is 10.2 Å². The highest BCUT2D eigenvalue weighted by molar-refractivity contribution is 6.53. The van der Waals surface area contributed by atoms with Crippen LogP contribution >= 0.6 is 11.6 Å². The summed E-state index contributed by atoms with van der Waals surface area (Å²) >= 11 is 5.77. The maximum absolute atomic E-state index is 8.91. The number of hydrogen-bond acceptors (Lipinski definition) is 6. The Labute approximate surface area is 102 Å². The van der Waals surface area contributed by atoms with E-state index in [0.29, 0.717) is 16.3 Å². The van der Waals surface area contributed by atoms with Crippen LogP contribution in [-0.2, 0) is 0 Å². The van der Waals surface area contributed by atoms with Crippen LogP contribution in [0.5, 0.6) is 0 Å². The van der Waals surface area contributed by atoms with E-state index in [2.05, 4.69) is 15.7 Å². The van der Waals surface area contributed by atoms with Gasteiger partial charge in [-0.25, -0.2) is 0 Å². The molecule has 0 aromatic heterocycles. The van der Waals surface area contributed by atoms with Crippen LogP contribution in [0.25, 0.3) is 0 Å². The number of halogens is 1. The molecule has 17 heavy (non-hydrogen) atoms. The van der Waals surface area contributed by atoms with Crippen molar-refractivity contribution >= 4 is 23.0 Å². The largest absolute Gasteiger partial charge is 0.224 e. The van der Waals surface area contributed by atoms with Crippen LogP contribution in [0.15, 0.2) is 34.5 Å². The van der Waals surface area contributed by atoms with Crippen LogP contribution in [0.1, 0.15) is 5.56 Å². The van der Waals surface area contributed by atoms with E-state index in [4.69, 9.17) is 22.1 Å². The van der Waals surface area contributed by atoms with E-state index >= 15 is 0 Å². The molecular formula is C10H5ClN6. The molecule has 1 aromatic carbocycles. The Bertz CT molecular complexity index is 574. The van der Waals surface area contributed by atoms with Gasteiger partial charge in [-0.2, -0.15) is 16.1 Å². The second-order valence-electron chi connectivity index (χ2n) is 3.04. The Kier molecular flexibility index (Phi) is 2.91. The van der Waals surface area contributed by atoms with Crippen molar-refractivity contribution in [2.75, 3.05) is 0 Å². The lowest BCUT2D eigenvalue weighted by Crippen LogP contribution is -2.34. The molecule has 1 heterocycles. The zero-order valence-corrected chi connectivity index (χ0v) is 9.18.